The first kappa shape index (κ1) is 25.8. The minimum absolute atomic E-state index is 0.358. The Labute approximate surface area is 178 Å². The van der Waals surface area contributed by atoms with Crippen molar-refractivity contribution in [1.82, 2.24) is 4.73 Å². The Morgan fingerprint density at radius 2 is 1.53 bits per heavy atom. The van der Waals surface area contributed by atoms with Crippen LogP contribution >= 0.6 is 0 Å². The molecule has 0 aliphatic rings. The zero-order valence-electron chi connectivity index (χ0n) is 18.7. The highest BCUT2D eigenvalue weighted by Crippen LogP contribution is 2.13. The van der Waals surface area contributed by atoms with E-state index in [0.717, 1.165) is 30.1 Å². The molecule has 0 aliphatic carbocycles. The number of carbonyl (C=O) groups is 2. The second-order valence-corrected chi connectivity index (χ2v) is 7.51. The van der Waals surface area contributed by atoms with Crippen molar-refractivity contribution in [3.8, 4) is 0 Å². The monoisotopic (exact) mass is 429 g/mol. The van der Waals surface area contributed by atoms with Gasteiger partial charge in [0.1, 0.15) is 6.61 Å². The smallest absolute Gasteiger partial charge is 0.431 e. The Morgan fingerprint density at radius 3 is 2.13 bits per heavy atom. The van der Waals surface area contributed by atoms with Gasteiger partial charge in [0.25, 0.3) is 0 Å². The Balaban J connectivity index is 2.34. The number of esters is 1. The molecular formula is C22H36FNO6. The zero-order chi connectivity index (χ0) is 22.4. The van der Waals surface area contributed by atoms with Crippen LogP contribution in [0.1, 0.15) is 96.0 Å². The second-order valence-electron chi connectivity index (χ2n) is 7.51. The average molecular weight is 430 g/mol. The fourth-order valence-electron chi connectivity index (χ4n) is 2.85. The molecule has 1 heterocycles. The highest BCUT2D eigenvalue weighted by molar-refractivity contribution is 5.88. The summed E-state index contributed by atoms with van der Waals surface area (Å²) in [5.41, 5.74) is -0.376. The summed E-state index contributed by atoms with van der Waals surface area (Å²) in [6, 6.07) is 1.12. The molecular weight excluding hydrogens is 393 g/mol. The van der Waals surface area contributed by atoms with Crippen molar-refractivity contribution in [1.29, 1.82) is 0 Å². The van der Waals surface area contributed by atoms with Gasteiger partial charge in [-0.2, -0.15) is 4.73 Å². The molecule has 0 aliphatic heterocycles. The molecule has 0 radical (unpaired) electrons. The number of ether oxygens (including phenoxy) is 3. The Hall–Kier alpha value is -2.25. The molecule has 1 rings (SSSR count). The van der Waals surface area contributed by atoms with Crippen molar-refractivity contribution in [3.63, 3.8) is 0 Å². The Bertz CT molecular complexity index is 631. The third-order valence-corrected chi connectivity index (χ3v) is 4.34. The van der Waals surface area contributed by atoms with Crippen LogP contribution in [-0.2, 0) is 14.2 Å². The molecule has 8 heteroatoms. The van der Waals surface area contributed by atoms with Crippen LogP contribution in [0.5, 0.6) is 0 Å². The summed E-state index contributed by atoms with van der Waals surface area (Å²) in [5.74, 6) is -1.77. The summed E-state index contributed by atoms with van der Waals surface area (Å²) in [7, 11) is 0. The Morgan fingerprint density at radius 1 is 0.933 bits per heavy atom. The number of carbonyl (C=O) groups excluding carboxylic acids is 2. The number of aromatic nitrogens is 1. The highest BCUT2D eigenvalue weighted by Gasteiger charge is 2.24. The summed E-state index contributed by atoms with van der Waals surface area (Å²) in [5, 5.41) is 0. The van der Waals surface area contributed by atoms with Gasteiger partial charge in [0.15, 0.2) is 11.5 Å². The van der Waals surface area contributed by atoms with E-state index in [0.29, 0.717) is 6.61 Å². The standard InChI is InChI=1S/C22H36FNO6/c1-5-6-7-8-9-10-11-12-13-16-27-24-15-14-19(23)20(24)21(25)29-18(4)30-22(26)28-17(2)3/h14-15,17-18H,5-13,16H2,1-4H3. The molecule has 0 amide bonds. The predicted molar refractivity (Wildman–Crippen MR) is 111 cm³/mol. The van der Waals surface area contributed by atoms with Gasteiger partial charge in [-0.3, -0.25) is 0 Å². The maximum Gasteiger partial charge on any atom is 0.511 e. The third kappa shape index (κ3) is 10.5. The number of unbranched alkanes of at least 4 members (excludes halogenated alkanes) is 8. The van der Waals surface area contributed by atoms with Crippen LogP contribution < -0.4 is 4.84 Å². The normalized spacial score (nSPS) is 11.9. The molecule has 1 aromatic heterocycles. The maximum atomic E-state index is 14.0. The van der Waals surface area contributed by atoms with Gasteiger partial charge in [-0.15, -0.1) is 0 Å². The fraction of sp³-hybridized carbons (Fsp3) is 0.727. The van der Waals surface area contributed by atoms with Gasteiger partial charge in [-0.25, -0.2) is 14.0 Å². The van der Waals surface area contributed by atoms with Crippen LogP contribution in [0.4, 0.5) is 9.18 Å². The van der Waals surface area contributed by atoms with Gasteiger partial charge >= 0.3 is 12.1 Å². The minimum atomic E-state index is -1.23. The van der Waals surface area contributed by atoms with Crippen LogP contribution in [0.3, 0.4) is 0 Å². The molecule has 0 N–H and O–H groups in total. The van der Waals surface area contributed by atoms with Crippen LogP contribution in [0.2, 0.25) is 0 Å². The van der Waals surface area contributed by atoms with Crippen LogP contribution in [0.15, 0.2) is 12.3 Å². The van der Waals surface area contributed by atoms with Crippen LogP contribution in [0.25, 0.3) is 0 Å². The van der Waals surface area contributed by atoms with Gasteiger partial charge in [-0.1, -0.05) is 51.9 Å². The molecule has 172 valence electrons. The summed E-state index contributed by atoms with van der Waals surface area (Å²) >= 11 is 0. The summed E-state index contributed by atoms with van der Waals surface area (Å²) in [6.45, 7) is 7.22. The molecule has 0 fully saturated rings. The van der Waals surface area contributed by atoms with Crippen molar-refractivity contribution in [3.05, 3.63) is 23.8 Å². The highest BCUT2D eigenvalue weighted by atomic mass is 19.1. The van der Waals surface area contributed by atoms with Crippen LogP contribution in [-0.4, -0.2) is 35.9 Å². The van der Waals surface area contributed by atoms with E-state index in [1.165, 1.54) is 51.6 Å². The molecule has 0 saturated carbocycles. The molecule has 1 aromatic rings. The van der Waals surface area contributed by atoms with Gasteiger partial charge in [0.05, 0.1) is 6.10 Å². The first-order valence-corrected chi connectivity index (χ1v) is 10.9. The van der Waals surface area contributed by atoms with E-state index in [1.807, 2.05) is 0 Å². The molecule has 0 bridgehead atoms. The summed E-state index contributed by atoms with van der Waals surface area (Å²) in [6.07, 6.45) is 9.31. The number of nitrogens with zero attached hydrogens (tertiary/aromatic N) is 1. The van der Waals surface area contributed by atoms with Gasteiger partial charge < -0.3 is 19.0 Å². The lowest BCUT2D eigenvalue weighted by Crippen LogP contribution is -2.26. The minimum Gasteiger partial charge on any atom is -0.431 e. The molecule has 30 heavy (non-hydrogen) atoms. The van der Waals surface area contributed by atoms with E-state index < -0.39 is 24.2 Å². The van der Waals surface area contributed by atoms with Gasteiger partial charge in [0.2, 0.25) is 6.29 Å². The fourth-order valence-corrected chi connectivity index (χ4v) is 2.85. The molecule has 1 unspecified atom stereocenters. The topological polar surface area (TPSA) is 76.0 Å². The van der Waals surface area contributed by atoms with E-state index in [-0.39, 0.29) is 11.8 Å². The average Bonchev–Trinajstić information content (AvgIpc) is 3.02. The zero-order valence-corrected chi connectivity index (χ0v) is 18.7. The molecule has 0 aromatic carbocycles. The van der Waals surface area contributed by atoms with E-state index in [2.05, 4.69) is 6.92 Å². The van der Waals surface area contributed by atoms with E-state index >= 15 is 0 Å². The third-order valence-electron chi connectivity index (χ3n) is 4.34. The number of halogens is 1. The van der Waals surface area contributed by atoms with Gasteiger partial charge in [0, 0.05) is 13.1 Å². The van der Waals surface area contributed by atoms with E-state index in [9.17, 15) is 14.0 Å². The van der Waals surface area contributed by atoms with Crippen molar-refractivity contribution in [2.24, 2.45) is 0 Å². The van der Waals surface area contributed by atoms with Crippen molar-refractivity contribution >= 4 is 12.1 Å². The summed E-state index contributed by atoms with van der Waals surface area (Å²) < 4.78 is 29.6. The Kier molecular flexibility index (Phi) is 12.6. The predicted octanol–water partition coefficient (Wildman–Crippen LogP) is 5.65. The summed E-state index contributed by atoms with van der Waals surface area (Å²) in [4.78, 5) is 29.2. The number of hydrogen-bond donors (Lipinski definition) is 0. The lowest BCUT2D eigenvalue weighted by Gasteiger charge is -2.16. The van der Waals surface area contributed by atoms with Crippen molar-refractivity contribution in [2.75, 3.05) is 6.61 Å². The maximum absolute atomic E-state index is 14.0. The molecule has 0 spiro atoms. The first-order chi connectivity index (χ1) is 14.3. The number of rotatable bonds is 15. The SMILES string of the molecule is CCCCCCCCCCCOn1ccc(F)c1C(=O)OC(C)OC(=O)OC(C)C. The van der Waals surface area contributed by atoms with E-state index in [4.69, 9.17) is 19.0 Å². The lowest BCUT2D eigenvalue weighted by molar-refractivity contribution is -0.0880. The quantitative estimate of drug-likeness (QED) is 0.204. The van der Waals surface area contributed by atoms with Crippen molar-refractivity contribution in [2.45, 2.75) is 97.9 Å². The van der Waals surface area contributed by atoms with Crippen molar-refractivity contribution < 1.29 is 33.0 Å². The first-order valence-electron chi connectivity index (χ1n) is 10.9. The second kappa shape index (κ2) is 14.7. The number of hydrogen-bond acceptors (Lipinski definition) is 6. The lowest BCUT2D eigenvalue weighted by atomic mass is 10.1. The van der Waals surface area contributed by atoms with Crippen LogP contribution in [0, 0.1) is 5.82 Å². The molecule has 7 nitrogen and oxygen atoms in total. The van der Waals surface area contributed by atoms with E-state index in [1.54, 1.807) is 13.8 Å². The molecule has 1 atom stereocenters. The largest absolute Gasteiger partial charge is 0.511 e. The molecule has 0 saturated heterocycles. The van der Waals surface area contributed by atoms with Gasteiger partial charge in [-0.05, 0) is 32.8 Å².